The summed E-state index contributed by atoms with van der Waals surface area (Å²) in [5.41, 5.74) is 1.23. The zero-order valence-electron chi connectivity index (χ0n) is 6.92. The maximum absolute atomic E-state index is 11.0. The van der Waals surface area contributed by atoms with E-state index in [1.54, 1.807) is 6.08 Å². The van der Waals surface area contributed by atoms with Gasteiger partial charge in [0.05, 0.1) is 12.0 Å². The number of carbonyl (C=O) groups excluding carboxylic acids is 1. The summed E-state index contributed by atoms with van der Waals surface area (Å²) in [7, 11) is 0. The molecule has 0 N–H and O–H groups in total. The van der Waals surface area contributed by atoms with Crippen LogP contribution in [0.2, 0.25) is 0 Å². The molecule has 0 amide bonds. The first-order chi connectivity index (χ1) is 5.81. The summed E-state index contributed by atoms with van der Waals surface area (Å²) in [6.07, 6.45) is 5.47. The second-order valence-electron chi connectivity index (χ2n) is 3.62. The van der Waals surface area contributed by atoms with Gasteiger partial charge in [0.1, 0.15) is 0 Å². The van der Waals surface area contributed by atoms with Crippen LogP contribution < -0.4 is 0 Å². The van der Waals surface area contributed by atoms with Crippen LogP contribution >= 0.6 is 0 Å². The molecule has 2 atom stereocenters. The Morgan fingerprint density at radius 2 is 2.33 bits per heavy atom. The van der Waals surface area contributed by atoms with Crippen molar-refractivity contribution < 1.29 is 4.79 Å². The van der Waals surface area contributed by atoms with Crippen LogP contribution in [-0.4, -0.2) is 5.78 Å². The standard InChI is InChI=1S/C10H11NO/c11-6-8-5-10(8)7-2-1-3-9(12)4-7/h4,8,10H,1-3,5H2. The van der Waals surface area contributed by atoms with Crippen LogP contribution in [-0.2, 0) is 4.79 Å². The molecule has 0 radical (unpaired) electrons. The minimum absolute atomic E-state index is 0.210. The maximum atomic E-state index is 11.0. The molecule has 2 heteroatoms. The maximum Gasteiger partial charge on any atom is 0.155 e. The lowest BCUT2D eigenvalue weighted by atomic mass is 9.94. The Kier molecular flexibility index (Phi) is 1.73. The fraction of sp³-hybridized carbons (Fsp3) is 0.600. The van der Waals surface area contributed by atoms with Crippen molar-refractivity contribution in [1.82, 2.24) is 0 Å². The summed E-state index contributed by atoms with van der Waals surface area (Å²) in [6, 6.07) is 2.25. The molecule has 0 aliphatic heterocycles. The molecule has 2 unspecified atom stereocenters. The Morgan fingerprint density at radius 3 is 2.92 bits per heavy atom. The summed E-state index contributed by atoms with van der Waals surface area (Å²) in [4.78, 5) is 11.0. The lowest BCUT2D eigenvalue weighted by Gasteiger charge is -2.10. The Hall–Kier alpha value is -1.10. The van der Waals surface area contributed by atoms with Gasteiger partial charge in [-0.15, -0.1) is 0 Å². The van der Waals surface area contributed by atoms with Crippen molar-refractivity contribution in [1.29, 1.82) is 5.26 Å². The second-order valence-corrected chi connectivity index (χ2v) is 3.62. The highest BCUT2D eigenvalue weighted by Crippen LogP contribution is 2.46. The summed E-state index contributed by atoms with van der Waals surface area (Å²) in [5.74, 6) is 0.890. The van der Waals surface area contributed by atoms with Gasteiger partial charge in [0.25, 0.3) is 0 Å². The van der Waals surface area contributed by atoms with E-state index in [4.69, 9.17) is 5.26 Å². The molecule has 1 saturated carbocycles. The van der Waals surface area contributed by atoms with Crippen LogP contribution in [0, 0.1) is 23.2 Å². The van der Waals surface area contributed by atoms with Gasteiger partial charge in [-0.05, 0) is 31.3 Å². The first-order valence-electron chi connectivity index (χ1n) is 4.44. The number of nitriles is 1. The van der Waals surface area contributed by atoms with Gasteiger partial charge in [0.15, 0.2) is 5.78 Å². The zero-order chi connectivity index (χ0) is 8.55. The zero-order valence-corrected chi connectivity index (χ0v) is 6.92. The third-order valence-electron chi connectivity index (χ3n) is 2.67. The molecular formula is C10H11NO. The van der Waals surface area contributed by atoms with Crippen LogP contribution in [0.4, 0.5) is 0 Å². The lowest BCUT2D eigenvalue weighted by Crippen LogP contribution is -2.04. The predicted molar refractivity (Wildman–Crippen MR) is 44.2 cm³/mol. The molecule has 62 valence electrons. The van der Waals surface area contributed by atoms with Crippen molar-refractivity contribution in [2.75, 3.05) is 0 Å². The number of allylic oxidation sites excluding steroid dienone is 2. The molecule has 0 bridgehead atoms. The van der Waals surface area contributed by atoms with Gasteiger partial charge in [-0.1, -0.05) is 5.57 Å². The van der Waals surface area contributed by atoms with Crippen molar-refractivity contribution in [3.05, 3.63) is 11.6 Å². The fourth-order valence-corrected chi connectivity index (χ4v) is 1.86. The van der Waals surface area contributed by atoms with Gasteiger partial charge in [0, 0.05) is 6.42 Å². The Bertz CT molecular complexity index is 285. The highest BCUT2D eigenvalue weighted by molar-refractivity contribution is 5.91. The van der Waals surface area contributed by atoms with Gasteiger partial charge in [0.2, 0.25) is 0 Å². The van der Waals surface area contributed by atoms with Crippen molar-refractivity contribution in [2.45, 2.75) is 25.7 Å². The highest BCUT2D eigenvalue weighted by Gasteiger charge is 2.40. The van der Waals surface area contributed by atoms with Gasteiger partial charge >= 0.3 is 0 Å². The molecule has 0 aromatic heterocycles. The van der Waals surface area contributed by atoms with E-state index in [2.05, 4.69) is 6.07 Å². The molecule has 2 rings (SSSR count). The number of hydrogen-bond donors (Lipinski definition) is 0. The topological polar surface area (TPSA) is 40.9 Å². The summed E-state index contributed by atoms with van der Waals surface area (Å²) < 4.78 is 0. The molecule has 0 spiro atoms. The molecule has 2 aliphatic rings. The normalized spacial score (nSPS) is 33.9. The van der Waals surface area contributed by atoms with E-state index in [1.807, 2.05) is 0 Å². The summed E-state index contributed by atoms with van der Waals surface area (Å²) in [5, 5.41) is 8.61. The Labute approximate surface area is 71.9 Å². The van der Waals surface area contributed by atoms with E-state index in [0.29, 0.717) is 12.3 Å². The van der Waals surface area contributed by atoms with Crippen LogP contribution in [0.15, 0.2) is 11.6 Å². The Morgan fingerprint density at radius 1 is 1.50 bits per heavy atom. The minimum atomic E-state index is 0.210. The molecule has 0 saturated heterocycles. The predicted octanol–water partition coefficient (Wildman–Crippen LogP) is 1.83. The number of ketones is 1. The molecule has 0 aromatic rings. The second kappa shape index (κ2) is 2.75. The SMILES string of the molecule is N#CC1CC1C1=CC(=O)CCC1. The molecule has 1 fully saturated rings. The van der Waals surface area contributed by atoms with Gasteiger partial charge in [-0.25, -0.2) is 0 Å². The monoisotopic (exact) mass is 161 g/mol. The van der Waals surface area contributed by atoms with Gasteiger partial charge in [-0.3, -0.25) is 4.79 Å². The first-order valence-corrected chi connectivity index (χ1v) is 4.44. The van der Waals surface area contributed by atoms with Crippen molar-refractivity contribution in [3.8, 4) is 6.07 Å². The van der Waals surface area contributed by atoms with Crippen molar-refractivity contribution >= 4 is 5.78 Å². The molecular weight excluding hydrogens is 150 g/mol. The van der Waals surface area contributed by atoms with Crippen LogP contribution in [0.25, 0.3) is 0 Å². The van der Waals surface area contributed by atoms with Gasteiger partial charge in [-0.2, -0.15) is 5.26 Å². The quantitative estimate of drug-likeness (QED) is 0.588. The Balaban J connectivity index is 2.06. The van der Waals surface area contributed by atoms with Crippen molar-refractivity contribution in [3.63, 3.8) is 0 Å². The first kappa shape index (κ1) is 7.54. The van der Waals surface area contributed by atoms with Gasteiger partial charge < -0.3 is 0 Å². The number of rotatable bonds is 1. The molecule has 0 heterocycles. The van der Waals surface area contributed by atoms with Crippen molar-refractivity contribution in [2.24, 2.45) is 11.8 Å². The number of nitrogens with zero attached hydrogens (tertiary/aromatic N) is 1. The summed E-state index contributed by atoms with van der Waals surface area (Å²) >= 11 is 0. The number of hydrogen-bond acceptors (Lipinski definition) is 2. The lowest BCUT2D eigenvalue weighted by molar-refractivity contribution is -0.115. The summed E-state index contributed by atoms with van der Waals surface area (Å²) in [6.45, 7) is 0. The molecule has 2 aliphatic carbocycles. The average Bonchev–Trinajstić information content (AvgIpc) is 2.83. The van der Waals surface area contributed by atoms with Crippen LogP contribution in [0.1, 0.15) is 25.7 Å². The number of carbonyl (C=O) groups is 1. The largest absolute Gasteiger partial charge is 0.295 e. The van der Waals surface area contributed by atoms with E-state index in [1.165, 1.54) is 5.57 Å². The molecule has 12 heavy (non-hydrogen) atoms. The van der Waals surface area contributed by atoms with E-state index >= 15 is 0 Å². The molecule has 0 aromatic carbocycles. The highest BCUT2D eigenvalue weighted by atomic mass is 16.1. The average molecular weight is 161 g/mol. The smallest absolute Gasteiger partial charge is 0.155 e. The fourth-order valence-electron chi connectivity index (χ4n) is 1.86. The van der Waals surface area contributed by atoms with E-state index in [0.717, 1.165) is 19.3 Å². The third-order valence-corrected chi connectivity index (χ3v) is 2.67. The van der Waals surface area contributed by atoms with E-state index < -0.39 is 0 Å². The third kappa shape index (κ3) is 1.27. The van der Waals surface area contributed by atoms with E-state index in [9.17, 15) is 4.79 Å². The van der Waals surface area contributed by atoms with E-state index in [-0.39, 0.29) is 11.7 Å². The molecule has 2 nitrogen and oxygen atoms in total. The van der Waals surface area contributed by atoms with Crippen LogP contribution in [0.3, 0.4) is 0 Å². The van der Waals surface area contributed by atoms with Crippen LogP contribution in [0.5, 0.6) is 0 Å². The minimum Gasteiger partial charge on any atom is -0.295 e.